The van der Waals surface area contributed by atoms with Gasteiger partial charge in [0, 0.05) is 28.8 Å². The van der Waals surface area contributed by atoms with Gasteiger partial charge in [-0.3, -0.25) is 4.68 Å². The van der Waals surface area contributed by atoms with Crippen LogP contribution in [0.4, 0.5) is 4.39 Å². The van der Waals surface area contributed by atoms with E-state index in [-0.39, 0.29) is 11.9 Å². The molecule has 1 aromatic carbocycles. The SMILES string of the molecule is CCCNC(Cc1cc(F)cc(Br)c1)c1cnn(C)c1C. The van der Waals surface area contributed by atoms with Gasteiger partial charge >= 0.3 is 0 Å². The Morgan fingerprint density at radius 2 is 2.14 bits per heavy atom. The predicted molar refractivity (Wildman–Crippen MR) is 86.8 cm³/mol. The Labute approximate surface area is 133 Å². The molecule has 1 heterocycles. The minimum Gasteiger partial charge on any atom is -0.310 e. The van der Waals surface area contributed by atoms with E-state index in [1.54, 1.807) is 6.07 Å². The minimum absolute atomic E-state index is 0.146. The highest BCUT2D eigenvalue weighted by Gasteiger charge is 2.17. The quantitative estimate of drug-likeness (QED) is 0.852. The highest BCUT2D eigenvalue weighted by atomic mass is 79.9. The van der Waals surface area contributed by atoms with Crippen LogP contribution in [0.1, 0.15) is 36.2 Å². The van der Waals surface area contributed by atoms with Crippen LogP contribution in [-0.2, 0) is 13.5 Å². The summed E-state index contributed by atoms with van der Waals surface area (Å²) in [6, 6.07) is 5.19. The standard InChI is InChI=1S/C16H21BrFN3/c1-4-5-19-16(15-10-20-21(3)11(15)2)8-12-6-13(17)9-14(18)7-12/h6-7,9-10,16,19H,4-5,8H2,1-3H3. The summed E-state index contributed by atoms with van der Waals surface area (Å²) in [6.07, 6.45) is 3.70. The summed E-state index contributed by atoms with van der Waals surface area (Å²) in [4.78, 5) is 0. The van der Waals surface area contributed by atoms with Gasteiger partial charge in [-0.25, -0.2) is 4.39 Å². The molecule has 0 saturated carbocycles. The van der Waals surface area contributed by atoms with Gasteiger partial charge < -0.3 is 5.32 Å². The van der Waals surface area contributed by atoms with Gasteiger partial charge in [0.1, 0.15) is 5.82 Å². The first-order valence-electron chi connectivity index (χ1n) is 7.18. The molecule has 0 fully saturated rings. The zero-order valence-corrected chi connectivity index (χ0v) is 14.2. The Bertz CT molecular complexity index is 589. The van der Waals surface area contributed by atoms with Crippen molar-refractivity contribution < 1.29 is 4.39 Å². The predicted octanol–water partition coefficient (Wildman–Crippen LogP) is 3.91. The normalized spacial score (nSPS) is 12.6. The van der Waals surface area contributed by atoms with Gasteiger partial charge in [0.05, 0.1) is 6.20 Å². The maximum absolute atomic E-state index is 13.5. The highest BCUT2D eigenvalue weighted by molar-refractivity contribution is 9.10. The molecular weight excluding hydrogens is 333 g/mol. The first-order chi connectivity index (χ1) is 10.0. The third-order valence-electron chi connectivity index (χ3n) is 3.65. The average Bonchev–Trinajstić information content (AvgIpc) is 2.74. The third-order valence-corrected chi connectivity index (χ3v) is 4.11. The van der Waals surface area contributed by atoms with E-state index in [0.717, 1.165) is 35.1 Å². The number of aromatic nitrogens is 2. The molecule has 1 unspecified atom stereocenters. The summed E-state index contributed by atoms with van der Waals surface area (Å²) in [5.74, 6) is -0.212. The molecule has 1 N–H and O–H groups in total. The molecule has 0 saturated heterocycles. The van der Waals surface area contributed by atoms with Crippen molar-refractivity contribution in [2.24, 2.45) is 7.05 Å². The van der Waals surface area contributed by atoms with E-state index in [1.807, 2.05) is 24.0 Å². The van der Waals surface area contributed by atoms with E-state index in [1.165, 1.54) is 11.6 Å². The lowest BCUT2D eigenvalue weighted by Crippen LogP contribution is -2.24. The zero-order chi connectivity index (χ0) is 15.4. The van der Waals surface area contributed by atoms with Crippen molar-refractivity contribution in [2.75, 3.05) is 6.54 Å². The number of benzene rings is 1. The monoisotopic (exact) mass is 353 g/mol. The number of hydrogen-bond acceptors (Lipinski definition) is 2. The Morgan fingerprint density at radius 3 is 2.71 bits per heavy atom. The van der Waals surface area contributed by atoms with Gasteiger partial charge in [0.2, 0.25) is 0 Å². The Hall–Kier alpha value is -1.20. The second-order valence-electron chi connectivity index (χ2n) is 5.30. The molecule has 1 aromatic heterocycles. The fourth-order valence-electron chi connectivity index (χ4n) is 2.43. The van der Waals surface area contributed by atoms with Crippen LogP contribution in [0.5, 0.6) is 0 Å². The fourth-order valence-corrected chi connectivity index (χ4v) is 2.95. The Kier molecular flexibility index (Phi) is 5.53. The molecular formula is C16H21BrFN3. The van der Waals surface area contributed by atoms with Crippen LogP contribution in [0.3, 0.4) is 0 Å². The summed E-state index contributed by atoms with van der Waals surface area (Å²) < 4.78 is 16.2. The van der Waals surface area contributed by atoms with Crippen LogP contribution < -0.4 is 5.32 Å². The first kappa shape index (κ1) is 16.2. The van der Waals surface area contributed by atoms with Crippen molar-refractivity contribution in [1.29, 1.82) is 0 Å². The van der Waals surface area contributed by atoms with Crippen molar-refractivity contribution >= 4 is 15.9 Å². The van der Waals surface area contributed by atoms with Crippen LogP contribution in [0.15, 0.2) is 28.9 Å². The lowest BCUT2D eigenvalue weighted by molar-refractivity contribution is 0.524. The summed E-state index contributed by atoms with van der Waals surface area (Å²) in [5.41, 5.74) is 3.28. The Morgan fingerprint density at radius 1 is 1.38 bits per heavy atom. The zero-order valence-electron chi connectivity index (χ0n) is 12.7. The molecule has 0 spiro atoms. The Balaban J connectivity index is 2.25. The number of halogens is 2. The summed E-state index contributed by atoms with van der Waals surface area (Å²) in [6.45, 7) is 5.12. The molecule has 2 rings (SSSR count). The average molecular weight is 354 g/mol. The smallest absolute Gasteiger partial charge is 0.124 e. The molecule has 21 heavy (non-hydrogen) atoms. The number of nitrogens with zero attached hydrogens (tertiary/aromatic N) is 2. The highest BCUT2D eigenvalue weighted by Crippen LogP contribution is 2.24. The number of aryl methyl sites for hydroxylation is 1. The van der Waals surface area contributed by atoms with Crippen LogP contribution >= 0.6 is 15.9 Å². The van der Waals surface area contributed by atoms with Gasteiger partial charge in [-0.2, -0.15) is 5.10 Å². The molecule has 3 nitrogen and oxygen atoms in total. The van der Waals surface area contributed by atoms with E-state index in [9.17, 15) is 4.39 Å². The second kappa shape index (κ2) is 7.18. The topological polar surface area (TPSA) is 29.9 Å². The van der Waals surface area contributed by atoms with Crippen molar-refractivity contribution in [3.63, 3.8) is 0 Å². The number of rotatable bonds is 6. The first-order valence-corrected chi connectivity index (χ1v) is 7.97. The summed E-state index contributed by atoms with van der Waals surface area (Å²) in [5, 5.41) is 7.85. The molecule has 0 aliphatic heterocycles. The molecule has 0 aliphatic rings. The lowest BCUT2D eigenvalue weighted by atomic mass is 9.99. The van der Waals surface area contributed by atoms with Gasteiger partial charge in [0.25, 0.3) is 0 Å². The van der Waals surface area contributed by atoms with E-state index in [4.69, 9.17) is 0 Å². The van der Waals surface area contributed by atoms with Crippen LogP contribution in [-0.4, -0.2) is 16.3 Å². The molecule has 1 atom stereocenters. The van der Waals surface area contributed by atoms with E-state index in [2.05, 4.69) is 40.2 Å². The van der Waals surface area contributed by atoms with Crippen molar-refractivity contribution in [3.8, 4) is 0 Å². The second-order valence-corrected chi connectivity index (χ2v) is 6.21. The van der Waals surface area contributed by atoms with Gasteiger partial charge in [-0.15, -0.1) is 0 Å². The van der Waals surface area contributed by atoms with Crippen molar-refractivity contribution in [2.45, 2.75) is 32.7 Å². The van der Waals surface area contributed by atoms with Crippen molar-refractivity contribution in [1.82, 2.24) is 15.1 Å². The van der Waals surface area contributed by atoms with E-state index < -0.39 is 0 Å². The summed E-state index contributed by atoms with van der Waals surface area (Å²) in [7, 11) is 1.94. The largest absolute Gasteiger partial charge is 0.310 e. The molecule has 5 heteroatoms. The fraction of sp³-hybridized carbons (Fsp3) is 0.438. The molecule has 0 aliphatic carbocycles. The van der Waals surface area contributed by atoms with Crippen LogP contribution in [0.2, 0.25) is 0 Å². The molecule has 0 radical (unpaired) electrons. The van der Waals surface area contributed by atoms with Crippen LogP contribution in [0.25, 0.3) is 0 Å². The minimum atomic E-state index is -0.212. The molecule has 2 aromatic rings. The molecule has 0 bridgehead atoms. The van der Waals surface area contributed by atoms with Crippen molar-refractivity contribution in [3.05, 3.63) is 51.5 Å². The summed E-state index contributed by atoms with van der Waals surface area (Å²) >= 11 is 3.35. The number of nitrogens with one attached hydrogen (secondary N) is 1. The van der Waals surface area contributed by atoms with Gasteiger partial charge in [0.15, 0.2) is 0 Å². The third kappa shape index (κ3) is 4.14. The van der Waals surface area contributed by atoms with E-state index >= 15 is 0 Å². The molecule has 0 amide bonds. The lowest BCUT2D eigenvalue weighted by Gasteiger charge is -2.19. The van der Waals surface area contributed by atoms with Gasteiger partial charge in [-0.1, -0.05) is 22.9 Å². The van der Waals surface area contributed by atoms with Gasteiger partial charge in [-0.05, 0) is 50.1 Å². The maximum Gasteiger partial charge on any atom is 0.124 e. The number of hydrogen-bond donors (Lipinski definition) is 1. The van der Waals surface area contributed by atoms with E-state index in [0.29, 0.717) is 0 Å². The maximum atomic E-state index is 13.5. The van der Waals surface area contributed by atoms with Crippen LogP contribution in [0, 0.1) is 12.7 Å². The molecule has 114 valence electrons.